The van der Waals surface area contributed by atoms with Crippen LogP contribution in [-0.4, -0.2) is 19.7 Å². The van der Waals surface area contributed by atoms with E-state index in [9.17, 15) is 8.42 Å². The number of nitrogens with zero attached hydrogens (tertiary/aromatic N) is 1. The number of nitriles is 1. The average molecular weight is 282 g/mol. The molecule has 0 amide bonds. The molecule has 4 saturated carbocycles. The smallest absolute Gasteiger partial charge is 0.211 e. The summed E-state index contributed by atoms with van der Waals surface area (Å²) in [5.74, 6) is 0.225. The van der Waals surface area contributed by atoms with Gasteiger partial charge in [-0.2, -0.15) is 5.26 Å². The standard InChI is InChI=1S/C14H22N2O2S/c1-12-5-11-6-13(2,8-12)10-14(7-11,9-12)16-19(17,18)4-3-15/h11,16H,4-10H2,1-2H3. The van der Waals surface area contributed by atoms with Gasteiger partial charge in [0.05, 0.1) is 6.07 Å². The molecule has 0 aromatic rings. The zero-order valence-electron chi connectivity index (χ0n) is 11.7. The van der Waals surface area contributed by atoms with Gasteiger partial charge < -0.3 is 0 Å². The topological polar surface area (TPSA) is 70.0 Å². The molecule has 4 aliphatic rings. The number of sulfonamides is 1. The van der Waals surface area contributed by atoms with E-state index < -0.39 is 15.8 Å². The molecule has 2 unspecified atom stereocenters. The average Bonchev–Trinajstić information content (AvgIpc) is 2.07. The van der Waals surface area contributed by atoms with Gasteiger partial charge in [-0.1, -0.05) is 13.8 Å². The van der Waals surface area contributed by atoms with E-state index in [4.69, 9.17) is 5.26 Å². The van der Waals surface area contributed by atoms with Crippen LogP contribution in [0.25, 0.3) is 0 Å². The van der Waals surface area contributed by atoms with Crippen molar-refractivity contribution in [1.29, 1.82) is 5.26 Å². The zero-order valence-corrected chi connectivity index (χ0v) is 12.5. The first kappa shape index (κ1) is 13.4. The van der Waals surface area contributed by atoms with Gasteiger partial charge in [0.1, 0.15) is 0 Å². The maximum atomic E-state index is 12.0. The summed E-state index contributed by atoms with van der Waals surface area (Å²) in [6.07, 6.45) is 6.54. The highest BCUT2D eigenvalue weighted by molar-refractivity contribution is 7.89. The summed E-state index contributed by atoms with van der Waals surface area (Å²) < 4.78 is 26.9. The normalized spacial score (nSPS) is 48.2. The number of rotatable bonds is 3. The van der Waals surface area contributed by atoms with E-state index in [2.05, 4.69) is 18.6 Å². The second-order valence-corrected chi connectivity index (χ2v) is 9.65. The maximum absolute atomic E-state index is 12.0. The summed E-state index contributed by atoms with van der Waals surface area (Å²) in [5, 5.41) is 8.65. The fraction of sp³-hybridized carbons (Fsp3) is 0.929. The summed E-state index contributed by atoms with van der Waals surface area (Å²) in [7, 11) is -3.46. The molecular weight excluding hydrogens is 260 g/mol. The fourth-order valence-electron chi connectivity index (χ4n) is 6.01. The Labute approximate surface area is 115 Å². The van der Waals surface area contributed by atoms with Crippen LogP contribution in [0.15, 0.2) is 0 Å². The van der Waals surface area contributed by atoms with Crippen LogP contribution in [0, 0.1) is 28.1 Å². The van der Waals surface area contributed by atoms with Crippen LogP contribution in [0.5, 0.6) is 0 Å². The summed E-state index contributed by atoms with van der Waals surface area (Å²) in [6, 6.07) is 1.76. The van der Waals surface area contributed by atoms with E-state index >= 15 is 0 Å². The van der Waals surface area contributed by atoms with Gasteiger partial charge in [0.25, 0.3) is 0 Å². The van der Waals surface area contributed by atoms with E-state index in [1.807, 2.05) is 0 Å². The summed E-state index contributed by atoms with van der Waals surface area (Å²) in [6.45, 7) is 4.62. The Morgan fingerprint density at radius 2 is 1.74 bits per heavy atom. The molecular formula is C14H22N2O2S. The molecule has 0 aliphatic heterocycles. The first-order chi connectivity index (χ1) is 8.67. The molecule has 0 radical (unpaired) electrons. The monoisotopic (exact) mass is 282 g/mol. The minimum Gasteiger partial charge on any atom is -0.211 e. The molecule has 0 heterocycles. The third-order valence-corrected chi connectivity index (χ3v) is 6.51. The highest BCUT2D eigenvalue weighted by Gasteiger charge is 2.60. The van der Waals surface area contributed by atoms with Crippen molar-refractivity contribution in [1.82, 2.24) is 4.72 Å². The van der Waals surface area contributed by atoms with Gasteiger partial charge in [-0.25, -0.2) is 13.1 Å². The molecule has 4 bridgehead atoms. The van der Waals surface area contributed by atoms with Crippen LogP contribution < -0.4 is 4.72 Å². The Balaban J connectivity index is 1.91. The molecule has 106 valence electrons. The quantitative estimate of drug-likeness (QED) is 0.862. The molecule has 4 fully saturated rings. The van der Waals surface area contributed by atoms with Gasteiger partial charge in [-0.05, 0) is 55.3 Å². The summed E-state index contributed by atoms with van der Waals surface area (Å²) >= 11 is 0. The van der Waals surface area contributed by atoms with Crippen molar-refractivity contribution in [2.45, 2.75) is 57.9 Å². The van der Waals surface area contributed by atoms with Crippen molar-refractivity contribution < 1.29 is 8.42 Å². The van der Waals surface area contributed by atoms with Crippen LogP contribution in [-0.2, 0) is 10.0 Å². The molecule has 0 saturated heterocycles. The zero-order chi connectivity index (χ0) is 13.9. The largest absolute Gasteiger partial charge is 0.225 e. The molecule has 0 aromatic heterocycles. The lowest BCUT2D eigenvalue weighted by atomic mass is 9.43. The molecule has 0 spiro atoms. The Morgan fingerprint density at radius 1 is 1.16 bits per heavy atom. The molecule has 4 nitrogen and oxygen atoms in total. The van der Waals surface area contributed by atoms with Gasteiger partial charge in [-0.3, -0.25) is 0 Å². The molecule has 2 atom stereocenters. The number of hydrogen-bond donors (Lipinski definition) is 1. The van der Waals surface area contributed by atoms with E-state index in [-0.39, 0.29) is 16.4 Å². The third kappa shape index (κ3) is 2.30. The van der Waals surface area contributed by atoms with Crippen molar-refractivity contribution in [3.8, 4) is 6.07 Å². The van der Waals surface area contributed by atoms with E-state index in [1.165, 1.54) is 19.3 Å². The Bertz CT molecular complexity index is 530. The fourth-order valence-corrected chi connectivity index (χ4v) is 7.14. The molecule has 19 heavy (non-hydrogen) atoms. The van der Waals surface area contributed by atoms with Crippen LogP contribution in [0.1, 0.15) is 52.4 Å². The molecule has 4 rings (SSSR count). The first-order valence-corrected chi connectivity index (χ1v) is 8.71. The highest BCUT2D eigenvalue weighted by Crippen LogP contribution is 2.66. The van der Waals surface area contributed by atoms with Crippen molar-refractivity contribution in [3.05, 3.63) is 0 Å². The molecule has 5 heteroatoms. The lowest BCUT2D eigenvalue weighted by molar-refractivity contribution is -0.110. The van der Waals surface area contributed by atoms with E-state index in [0.717, 1.165) is 19.3 Å². The Hall–Kier alpha value is -0.600. The summed E-state index contributed by atoms with van der Waals surface area (Å²) in [5.41, 5.74) is 0.283. The van der Waals surface area contributed by atoms with Crippen molar-refractivity contribution >= 4 is 10.0 Å². The van der Waals surface area contributed by atoms with E-state index in [1.54, 1.807) is 6.07 Å². The summed E-state index contributed by atoms with van der Waals surface area (Å²) in [4.78, 5) is 0. The maximum Gasteiger partial charge on any atom is 0.225 e. The lowest BCUT2D eigenvalue weighted by Crippen LogP contribution is -2.65. The second-order valence-electron chi connectivity index (χ2n) is 7.93. The molecule has 1 N–H and O–H groups in total. The highest BCUT2D eigenvalue weighted by atomic mass is 32.2. The van der Waals surface area contributed by atoms with Crippen molar-refractivity contribution in [2.24, 2.45) is 16.7 Å². The molecule has 0 aromatic carbocycles. The SMILES string of the molecule is CC12CC3CC(C)(C1)CC(NS(=O)(=O)CC#N)(C3)C2. The van der Waals surface area contributed by atoms with Crippen molar-refractivity contribution in [2.75, 3.05) is 5.75 Å². The van der Waals surface area contributed by atoms with Gasteiger partial charge in [0.2, 0.25) is 10.0 Å². The second kappa shape index (κ2) is 3.73. The third-order valence-electron chi connectivity index (χ3n) is 5.25. The minimum absolute atomic E-state index is 0.279. The van der Waals surface area contributed by atoms with Crippen LogP contribution in [0.2, 0.25) is 0 Å². The number of hydrogen-bond acceptors (Lipinski definition) is 3. The van der Waals surface area contributed by atoms with Crippen LogP contribution >= 0.6 is 0 Å². The first-order valence-electron chi connectivity index (χ1n) is 7.06. The van der Waals surface area contributed by atoms with Gasteiger partial charge in [0, 0.05) is 5.54 Å². The van der Waals surface area contributed by atoms with Gasteiger partial charge >= 0.3 is 0 Å². The van der Waals surface area contributed by atoms with Crippen LogP contribution in [0.4, 0.5) is 0 Å². The Morgan fingerprint density at radius 3 is 2.21 bits per heavy atom. The van der Waals surface area contributed by atoms with Crippen molar-refractivity contribution in [3.63, 3.8) is 0 Å². The Kier molecular flexibility index (Phi) is 2.63. The van der Waals surface area contributed by atoms with E-state index in [0.29, 0.717) is 5.92 Å². The van der Waals surface area contributed by atoms with Gasteiger partial charge in [0.15, 0.2) is 5.75 Å². The number of nitrogens with one attached hydrogen (secondary N) is 1. The van der Waals surface area contributed by atoms with Gasteiger partial charge in [-0.15, -0.1) is 0 Å². The lowest BCUT2D eigenvalue weighted by Gasteiger charge is -2.65. The predicted molar refractivity (Wildman–Crippen MR) is 72.7 cm³/mol. The predicted octanol–water partition coefficient (Wildman–Crippen LogP) is 2.18. The molecule has 4 aliphatic carbocycles. The van der Waals surface area contributed by atoms with Crippen LogP contribution in [0.3, 0.4) is 0 Å². The minimum atomic E-state index is -3.46.